The van der Waals surface area contributed by atoms with Crippen molar-refractivity contribution in [1.29, 1.82) is 5.26 Å². The molecular weight excluding hydrogens is 544 g/mol. The first-order chi connectivity index (χ1) is 20.3. The topological polar surface area (TPSA) is 182 Å². The van der Waals surface area contributed by atoms with Gasteiger partial charge >= 0.3 is 23.3 Å². The van der Waals surface area contributed by atoms with Crippen LogP contribution in [0.2, 0.25) is 0 Å². The van der Waals surface area contributed by atoms with Crippen LogP contribution in [0.5, 0.6) is 23.4 Å². The van der Waals surface area contributed by atoms with E-state index >= 15 is 0 Å². The van der Waals surface area contributed by atoms with Crippen LogP contribution in [0.4, 0.5) is 17.2 Å². The van der Waals surface area contributed by atoms with Gasteiger partial charge in [0, 0.05) is 37.8 Å². The standard InChI is InChI=1S/C28H22N8O6/c1-34-13-12-30-26(34)20-8-5-9-21(15-20)41-28-32-25(31-17-18-6-3-2-4-7-18)24(36(39)40)27(33-28)42-23-14-19(16-29)10-11-22(23)35(37)38/h2-11,14-15H,12-13,17H2,1H3,(H,31,32,33). The average Bonchev–Trinajstić information content (AvgIpc) is 3.42. The minimum Gasteiger partial charge on any atom is -0.426 e. The molecule has 1 N–H and O–H groups in total. The van der Waals surface area contributed by atoms with Gasteiger partial charge in [0.1, 0.15) is 11.6 Å². The van der Waals surface area contributed by atoms with Crippen molar-refractivity contribution in [2.75, 3.05) is 25.5 Å². The first-order valence-electron chi connectivity index (χ1n) is 12.6. The number of nitrogens with one attached hydrogen (secondary N) is 1. The van der Waals surface area contributed by atoms with Crippen molar-refractivity contribution in [1.82, 2.24) is 14.9 Å². The van der Waals surface area contributed by atoms with Crippen LogP contribution < -0.4 is 14.8 Å². The van der Waals surface area contributed by atoms with Crippen molar-refractivity contribution < 1.29 is 19.3 Å². The van der Waals surface area contributed by atoms with Crippen molar-refractivity contribution in [2.24, 2.45) is 4.99 Å². The Labute approximate surface area is 238 Å². The van der Waals surface area contributed by atoms with Gasteiger partial charge in [-0.2, -0.15) is 15.2 Å². The van der Waals surface area contributed by atoms with Crippen molar-refractivity contribution in [2.45, 2.75) is 6.54 Å². The van der Waals surface area contributed by atoms with Gasteiger partial charge in [-0.05, 0) is 23.8 Å². The molecule has 0 aliphatic carbocycles. The summed E-state index contributed by atoms with van der Waals surface area (Å²) < 4.78 is 11.6. The first-order valence-corrected chi connectivity index (χ1v) is 12.6. The fourth-order valence-corrected chi connectivity index (χ4v) is 4.17. The van der Waals surface area contributed by atoms with E-state index in [1.165, 1.54) is 6.07 Å². The second kappa shape index (κ2) is 12.0. The molecule has 1 aliphatic rings. The number of benzene rings is 3. The van der Waals surface area contributed by atoms with E-state index in [4.69, 9.17) is 9.47 Å². The quantitative estimate of drug-likeness (QED) is 0.200. The number of nitro groups is 2. The fraction of sp³-hybridized carbons (Fsp3) is 0.143. The maximum Gasteiger partial charge on any atom is 0.373 e. The Bertz CT molecular complexity index is 1740. The molecule has 0 saturated heterocycles. The van der Waals surface area contributed by atoms with Crippen LogP contribution in [0.15, 0.2) is 77.8 Å². The molecule has 2 heterocycles. The molecule has 0 radical (unpaired) electrons. The number of rotatable bonds is 10. The van der Waals surface area contributed by atoms with E-state index in [-0.39, 0.29) is 23.9 Å². The SMILES string of the molecule is CN1CCN=C1c1cccc(Oc2nc(NCc3ccccc3)c([N+](=O)[O-])c(Oc3cc(C#N)ccc3[N+](=O)[O-])n2)c1. The van der Waals surface area contributed by atoms with E-state index in [1.807, 2.05) is 54.4 Å². The Morgan fingerprint density at radius 2 is 1.81 bits per heavy atom. The average molecular weight is 567 g/mol. The molecule has 42 heavy (non-hydrogen) atoms. The zero-order valence-electron chi connectivity index (χ0n) is 22.1. The predicted octanol–water partition coefficient (Wildman–Crippen LogP) is 5.05. The lowest BCUT2D eigenvalue weighted by Gasteiger charge is -2.15. The highest BCUT2D eigenvalue weighted by molar-refractivity contribution is 5.99. The fourth-order valence-electron chi connectivity index (χ4n) is 4.17. The third kappa shape index (κ3) is 6.05. The van der Waals surface area contributed by atoms with Gasteiger partial charge in [0.15, 0.2) is 0 Å². The van der Waals surface area contributed by atoms with E-state index in [0.717, 1.165) is 35.6 Å². The number of ether oxygens (including phenoxy) is 2. The molecule has 0 amide bonds. The summed E-state index contributed by atoms with van der Waals surface area (Å²) in [5, 5.41) is 36.1. The highest BCUT2D eigenvalue weighted by Gasteiger charge is 2.30. The van der Waals surface area contributed by atoms with Gasteiger partial charge in [0.05, 0.1) is 28.0 Å². The summed E-state index contributed by atoms with van der Waals surface area (Å²) in [6.45, 7) is 1.60. The van der Waals surface area contributed by atoms with Crippen LogP contribution in [0.25, 0.3) is 0 Å². The Kier molecular flexibility index (Phi) is 7.82. The lowest BCUT2D eigenvalue weighted by atomic mass is 10.2. The number of hydrogen-bond donors (Lipinski definition) is 1. The van der Waals surface area contributed by atoms with Gasteiger partial charge in [-0.3, -0.25) is 25.2 Å². The third-order valence-corrected chi connectivity index (χ3v) is 6.17. The molecule has 5 rings (SSSR count). The summed E-state index contributed by atoms with van der Waals surface area (Å²) in [6.07, 6.45) is 0. The number of nitro benzene ring substituents is 1. The summed E-state index contributed by atoms with van der Waals surface area (Å²) in [4.78, 5) is 37.3. The molecule has 1 aliphatic heterocycles. The van der Waals surface area contributed by atoms with Gasteiger partial charge < -0.3 is 19.7 Å². The van der Waals surface area contributed by atoms with Gasteiger partial charge in [-0.1, -0.05) is 42.5 Å². The Balaban J connectivity index is 1.58. The van der Waals surface area contributed by atoms with Crippen molar-refractivity contribution in [3.05, 3.63) is 110 Å². The minimum absolute atomic E-state index is 0.0443. The highest BCUT2D eigenvalue weighted by atomic mass is 16.6. The van der Waals surface area contributed by atoms with E-state index < -0.39 is 32.9 Å². The first kappa shape index (κ1) is 27.5. The largest absolute Gasteiger partial charge is 0.426 e. The third-order valence-electron chi connectivity index (χ3n) is 6.17. The summed E-state index contributed by atoms with van der Waals surface area (Å²) >= 11 is 0. The maximum atomic E-state index is 12.2. The number of likely N-dealkylation sites (N-methyl/N-ethyl adjacent to an activating group) is 1. The number of nitriles is 1. The number of aromatic nitrogens is 2. The van der Waals surface area contributed by atoms with E-state index in [2.05, 4.69) is 20.3 Å². The predicted molar refractivity (Wildman–Crippen MR) is 151 cm³/mol. The highest BCUT2D eigenvalue weighted by Crippen LogP contribution is 2.40. The molecule has 0 spiro atoms. The lowest BCUT2D eigenvalue weighted by molar-refractivity contribution is -0.387. The second-order valence-electron chi connectivity index (χ2n) is 9.02. The molecule has 4 aromatic rings. The normalized spacial score (nSPS) is 12.3. The molecule has 14 heteroatoms. The number of anilines is 1. The van der Waals surface area contributed by atoms with Crippen molar-refractivity contribution in [3.8, 4) is 29.5 Å². The number of nitrogens with zero attached hydrogens (tertiary/aromatic N) is 7. The molecule has 3 aromatic carbocycles. The smallest absolute Gasteiger partial charge is 0.373 e. The van der Waals surface area contributed by atoms with Crippen LogP contribution in [0.1, 0.15) is 16.7 Å². The van der Waals surface area contributed by atoms with E-state index in [9.17, 15) is 25.5 Å². The van der Waals surface area contributed by atoms with Crippen LogP contribution in [-0.4, -0.2) is 50.7 Å². The Hall–Kier alpha value is -6.10. The molecular formula is C28H22N8O6. The molecule has 0 unspecified atom stereocenters. The van der Waals surface area contributed by atoms with Crippen LogP contribution in [0, 0.1) is 31.6 Å². The van der Waals surface area contributed by atoms with Crippen molar-refractivity contribution in [3.63, 3.8) is 0 Å². The molecule has 0 saturated carbocycles. The zero-order valence-corrected chi connectivity index (χ0v) is 22.1. The zero-order chi connectivity index (χ0) is 29.6. The minimum atomic E-state index is -0.763. The number of hydrogen-bond acceptors (Lipinski definition) is 12. The second-order valence-corrected chi connectivity index (χ2v) is 9.02. The lowest BCUT2D eigenvalue weighted by Crippen LogP contribution is -2.23. The summed E-state index contributed by atoms with van der Waals surface area (Å²) in [5.41, 5.74) is 0.449. The summed E-state index contributed by atoms with van der Waals surface area (Å²) in [6, 6.07) is 21.1. The van der Waals surface area contributed by atoms with Crippen LogP contribution in [-0.2, 0) is 6.54 Å². The molecule has 0 fully saturated rings. The number of aliphatic imine (C=N–C) groups is 1. The van der Waals surface area contributed by atoms with E-state index in [0.29, 0.717) is 12.3 Å². The molecule has 14 nitrogen and oxygen atoms in total. The molecule has 0 bridgehead atoms. The summed E-state index contributed by atoms with van der Waals surface area (Å²) in [7, 11) is 1.92. The maximum absolute atomic E-state index is 12.2. The van der Waals surface area contributed by atoms with Crippen LogP contribution in [0.3, 0.4) is 0 Å². The van der Waals surface area contributed by atoms with E-state index in [1.54, 1.807) is 18.2 Å². The monoisotopic (exact) mass is 566 g/mol. The summed E-state index contributed by atoms with van der Waals surface area (Å²) in [5.74, 6) is -0.162. The van der Waals surface area contributed by atoms with Gasteiger partial charge in [-0.15, -0.1) is 0 Å². The molecule has 0 atom stereocenters. The molecule has 1 aromatic heterocycles. The Morgan fingerprint density at radius 1 is 1.00 bits per heavy atom. The Morgan fingerprint density at radius 3 is 2.50 bits per heavy atom. The van der Waals surface area contributed by atoms with Gasteiger partial charge in [-0.25, -0.2) is 0 Å². The number of amidine groups is 1. The van der Waals surface area contributed by atoms with Crippen molar-refractivity contribution >= 4 is 23.0 Å². The van der Waals surface area contributed by atoms with Crippen LogP contribution >= 0.6 is 0 Å². The van der Waals surface area contributed by atoms with Gasteiger partial charge in [0.2, 0.25) is 11.6 Å². The van der Waals surface area contributed by atoms with Gasteiger partial charge in [0.25, 0.3) is 0 Å². The molecule has 210 valence electrons.